The summed E-state index contributed by atoms with van der Waals surface area (Å²) in [6.45, 7) is 1.18. The maximum Gasteiger partial charge on any atom is 0.163 e. The van der Waals surface area contributed by atoms with Gasteiger partial charge in [-0.3, -0.25) is 0 Å². The van der Waals surface area contributed by atoms with E-state index in [4.69, 9.17) is 0 Å². The molecule has 1 heteroatoms. The van der Waals surface area contributed by atoms with Crippen LogP contribution in [-0.4, -0.2) is 23.4 Å². The Balaban J connectivity index is 1.78. The van der Waals surface area contributed by atoms with Crippen LogP contribution in [0.5, 0.6) is 0 Å². The molecule has 0 amide bonds. The van der Waals surface area contributed by atoms with Gasteiger partial charge in [-0.1, -0.05) is 42.5 Å². The van der Waals surface area contributed by atoms with Gasteiger partial charge in [0.25, 0.3) is 0 Å². The minimum Gasteiger partial charge on any atom is -0.233 e. The number of allylic oxidation sites excluding steroid dienone is 1. The van der Waals surface area contributed by atoms with Crippen molar-refractivity contribution < 1.29 is 4.58 Å². The van der Waals surface area contributed by atoms with Crippen LogP contribution in [0.15, 0.2) is 48.5 Å². The Bertz CT molecular complexity index is 684. The molecule has 94 valence electrons. The second-order valence-corrected chi connectivity index (χ2v) is 5.59. The molecule has 0 radical (unpaired) electrons. The zero-order valence-electron chi connectivity index (χ0n) is 11.0. The first-order chi connectivity index (χ1) is 9.42. The Morgan fingerprint density at radius 1 is 0.947 bits per heavy atom. The van der Waals surface area contributed by atoms with Gasteiger partial charge in [-0.15, -0.1) is 0 Å². The van der Waals surface area contributed by atoms with Crippen LogP contribution >= 0.6 is 0 Å². The molecule has 0 aromatic heterocycles. The minimum atomic E-state index is 0.838. The molecule has 1 saturated carbocycles. The Labute approximate surface area is 113 Å². The van der Waals surface area contributed by atoms with Gasteiger partial charge in [0.05, 0.1) is 0 Å². The normalized spacial score (nSPS) is 19.2. The quantitative estimate of drug-likeness (QED) is 0.710. The summed E-state index contributed by atoms with van der Waals surface area (Å²) in [5, 5.41) is 2.72. The molecular weight excluding hydrogens is 230 g/mol. The molecule has 2 aromatic rings. The second-order valence-electron chi connectivity index (χ2n) is 5.59. The van der Waals surface area contributed by atoms with E-state index >= 15 is 0 Å². The summed E-state index contributed by atoms with van der Waals surface area (Å²) in [7, 11) is 0. The summed E-state index contributed by atoms with van der Waals surface area (Å²) in [6.07, 6.45) is 8.56. The predicted octanol–water partition coefficient (Wildman–Crippen LogP) is 3.87. The van der Waals surface area contributed by atoms with Gasteiger partial charge in [0.2, 0.25) is 0 Å². The van der Waals surface area contributed by atoms with E-state index in [1.165, 1.54) is 47.7 Å². The van der Waals surface area contributed by atoms with Gasteiger partial charge in [-0.05, 0) is 21.9 Å². The van der Waals surface area contributed by atoms with E-state index in [1.54, 1.807) is 0 Å². The summed E-state index contributed by atoms with van der Waals surface area (Å²) in [5.74, 6) is 0. The average Bonchev–Trinajstić information content (AvgIpc) is 3.32. The average molecular weight is 248 g/mol. The van der Waals surface area contributed by atoms with E-state index in [-0.39, 0.29) is 0 Å². The highest BCUT2D eigenvalue weighted by Crippen LogP contribution is 2.30. The molecule has 1 fully saturated rings. The van der Waals surface area contributed by atoms with E-state index in [9.17, 15) is 0 Å². The lowest BCUT2D eigenvalue weighted by Crippen LogP contribution is -2.20. The summed E-state index contributed by atoms with van der Waals surface area (Å²) in [5.41, 5.74) is 2.89. The predicted molar refractivity (Wildman–Crippen MR) is 80.8 cm³/mol. The van der Waals surface area contributed by atoms with E-state index < -0.39 is 0 Å². The maximum atomic E-state index is 2.51. The zero-order valence-corrected chi connectivity index (χ0v) is 11.0. The van der Waals surface area contributed by atoms with E-state index in [2.05, 4.69) is 59.3 Å². The largest absolute Gasteiger partial charge is 0.233 e. The lowest BCUT2D eigenvalue weighted by atomic mass is 9.95. The molecule has 2 aliphatic rings. The van der Waals surface area contributed by atoms with Gasteiger partial charge in [-0.25, -0.2) is 4.58 Å². The number of hydrogen-bond acceptors (Lipinski definition) is 0. The highest BCUT2D eigenvalue weighted by atomic mass is 15.1. The number of nitrogens with zero attached hydrogens (tertiary/aromatic N) is 1. The Kier molecular flexibility index (Phi) is 2.51. The van der Waals surface area contributed by atoms with Crippen LogP contribution in [0.4, 0.5) is 0 Å². The lowest BCUT2D eigenvalue weighted by Gasteiger charge is -2.13. The standard InChI is InChI=1S/C18H18N/c1-2-6-17-14(4-1)5-3-7-18(17)15-10-12-19(13-11-15)16-8-9-16/h1-7,10,12,16H,8-9,11,13H2/q+1. The molecular formula is C18H18N+. The Hall–Kier alpha value is -1.89. The second kappa shape index (κ2) is 4.34. The first-order valence-corrected chi connectivity index (χ1v) is 7.20. The monoisotopic (exact) mass is 248 g/mol. The van der Waals surface area contributed by atoms with Gasteiger partial charge < -0.3 is 0 Å². The molecule has 19 heavy (non-hydrogen) atoms. The van der Waals surface area contributed by atoms with Crippen molar-refractivity contribution in [1.29, 1.82) is 0 Å². The fourth-order valence-electron chi connectivity index (χ4n) is 3.03. The third-order valence-corrected chi connectivity index (χ3v) is 4.26. The molecule has 1 heterocycles. The molecule has 0 N–H and O–H groups in total. The van der Waals surface area contributed by atoms with Crippen molar-refractivity contribution in [2.75, 3.05) is 6.54 Å². The Morgan fingerprint density at radius 2 is 1.79 bits per heavy atom. The zero-order chi connectivity index (χ0) is 12.7. The van der Waals surface area contributed by atoms with Crippen molar-refractivity contribution in [2.24, 2.45) is 0 Å². The van der Waals surface area contributed by atoms with Crippen LogP contribution in [-0.2, 0) is 0 Å². The summed E-state index contributed by atoms with van der Waals surface area (Å²) in [4.78, 5) is 0. The highest BCUT2D eigenvalue weighted by molar-refractivity contribution is 5.96. The van der Waals surface area contributed by atoms with Gasteiger partial charge in [-0.2, -0.15) is 0 Å². The molecule has 0 bridgehead atoms. The molecule has 0 atom stereocenters. The van der Waals surface area contributed by atoms with E-state index in [0.29, 0.717) is 0 Å². The molecule has 0 spiro atoms. The summed E-state index contributed by atoms with van der Waals surface area (Å²) < 4.78 is 2.51. The van der Waals surface area contributed by atoms with Crippen LogP contribution < -0.4 is 0 Å². The van der Waals surface area contributed by atoms with Crippen molar-refractivity contribution in [3.63, 3.8) is 0 Å². The maximum absolute atomic E-state index is 2.51. The van der Waals surface area contributed by atoms with E-state index in [1.807, 2.05) is 0 Å². The number of rotatable bonds is 2. The van der Waals surface area contributed by atoms with Gasteiger partial charge in [0, 0.05) is 25.3 Å². The fourth-order valence-corrected chi connectivity index (χ4v) is 3.03. The van der Waals surface area contributed by atoms with Crippen LogP contribution in [0.1, 0.15) is 24.8 Å². The van der Waals surface area contributed by atoms with Crippen LogP contribution in [0.25, 0.3) is 16.3 Å². The van der Waals surface area contributed by atoms with Crippen LogP contribution in [0, 0.1) is 0 Å². The number of hydrogen-bond donors (Lipinski definition) is 0. The fraction of sp³-hybridized carbons (Fsp3) is 0.278. The van der Waals surface area contributed by atoms with Gasteiger partial charge >= 0.3 is 0 Å². The molecule has 2 aromatic carbocycles. The first kappa shape index (κ1) is 11.0. The first-order valence-electron chi connectivity index (χ1n) is 7.20. The van der Waals surface area contributed by atoms with Crippen molar-refractivity contribution >= 4 is 22.6 Å². The Morgan fingerprint density at radius 3 is 2.58 bits per heavy atom. The van der Waals surface area contributed by atoms with Crippen molar-refractivity contribution in [3.8, 4) is 0 Å². The molecule has 1 aliphatic heterocycles. The SMILES string of the molecule is C1=C(c2cccc3ccccc23)CC[N+](C2CC2)=C1. The van der Waals surface area contributed by atoms with Gasteiger partial charge in [0.15, 0.2) is 12.3 Å². The van der Waals surface area contributed by atoms with Gasteiger partial charge in [0.1, 0.15) is 6.54 Å². The van der Waals surface area contributed by atoms with Crippen molar-refractivity contribution in [3.05, 3.63) is 54.1 Å². The smallest absolute Gasteiger partial charge is 0.163 e. The molecule has 1 aliphatic carbocycles. The van der Waals surface area contributed by atoms with Crippen LogP contribution in [0.2, 0.25) is 0 Å². The number of benzene rings is 2. The molecule has 0 unspecified atom stereocenters. The third-order valence-electron chi connectivity index (χ3n) is 4.26. The van der Waals surface area contributed by atoms with Crippen molar-refractivity contribution in [2.45, 2.75) is 25.3 Å². The van der Waals surface area contributed by atoms with E-state index in [0.717, 1.165) is 6.04 Å². The van der Waals surface area contributed by atoms with Crippen molar-refractivity contribution in [1.82, 2.24) is 0 Å². The molecule has 0 saturated heterocycles. The van der Waals surface area contributed by atoms with Crippen LogP contribution in [0.3, 0.4) is 0 Å². The minimum absolute atomic E-state index is 0.838. The summed E-state index contributed by atoms with van der Waals surface area (Å²) in [6, 6.07) is 16.1. The summed E-state index contributed by atoms with van der Waals surface area (Å²) >= 11 is 0. The topological polar surface area (TPSA) is 3.01 Å². The highest BCUT2D eigenvalue weighted by Gasteiger charge is 2.33. The lowest BCUT2D eigenvalue weighted by molar-refractivity contribution is -0.536. The molecule has 1 nitrogen and oxygen atoms in total. The number of fused-ring (bicyclic) bond motifs is 1. The molecule has 4 rings (SSSR count). The third kappa shape index (κ3) is 1.99.